The third-order valence-corrected chi connectivity index (χ3v) is 15.2. The molecular weight excluding hydrogens is 1060 g/mol. The van der Waals surface area contributed by atoms with Crippen molar-refractivity contribution in [1.82, 2.24) is 34.2 Å². The highest BCUT2D eigenvalue weighted by Gasteiger charge is 2.68. The van der Waals surface area contributed by atoms with Gasteiger partial charge in [-0.25, -0.2) is 22.2 Å². The van der Waals surface area contributed by atoms with Gasteiger partial charge in [0.2, 0.25) is 5.91 Å². The van der Waals surface area contributed by atoms with Crippen LogP contribution in [0.5, 0.6) is 0 Å². The molecule has 1 amide bonds. The Morgan fingerprint density at radius 3 is 2.26 bits per heavy atom. The molecule has 0 radical (unpaired) electrons. The van der Waals surface area contributed by atoms with Gasteiger partial charge in [0.25, 0.3) is 5.92 Å². The second kappa shape index (κ2) is 19.6. The number of rotatable bonds is 16. The molecule has 5 aromatic rings. The van der Waals surface area contributed by atoms with Crippen LogP contribution in [-0.4, -0.2) is 93.5 Å². The smallest absolute Gasteiger partial charge is 0.435 e. The lowest BCUT2D eigenvalue weighted by atomic mass is 9.93. The molecule has 1 fully saturated rings. The number of amides is 1. The van der Waals surface area contributed by atoms with Crippen LogP contribution in [-0.2, 0) is 73.6 Å². The molecule has 2 aromatic carbocycles. The third kappa shape index (κ3) is 11.5. The Balaban J connectivity index is 1.43. The number of carbonyl (C=O) groups excluding carboxylic acids is 2. The summed E-state index contributed by atoms with van der Waals surface area (Å²) in [5, 5.41) is 18.8. The van der Waals surface area contributed by atoms with Gasteiger partial charge in [-0.2, -0.15) is 49.6 Å². The molecule has 0 saturated heterocycles. The van der Waals surface area contributed by atoms with E-state index in [1.807, 2.05) is 0 Å². The van der Waals surface area contributed by atoms with Crippen LogP contribution in [0.15, 0.2) is 42.5 Å². The first-order valence-corrected chi connectivity index (χ1v) is 24.8. The fourth-order valence-corrected chi connectivity index (χ4v) is 9.03. The number of alkyl halides is 8. The number of fused-ring (bicyclic) bond motifs is 4. The van der Waals surface area contributed by atoms with E-state index < -0.39 is 164 Å². The van der Waals surface area contributed by atoms with Crippen molar-refractivity contribution in [2.24, 2.45) is 11.3 Å². The topological polar surface area (TPSA) is 202 Å². The molecule has 2 unspecified atom stereocenters. The van der Waals surface area contributed by atoms with E-state index in [1.54, 1.807) is 0 Å². The summed E-state index contributed by atoms with van der Waals surface area (Å²) in [4.78, 5) is 31.3. The summed E-state index contributed by atoms with van der Waals surface area (Å²) in [6.45, 7) is -0.704. The van der Waals surface area contributed by atoms with E-state index >= 15 is 8.78 Å². The first-order chi connectivity index (χ1) is 33.6. The maximum atomic E-state index is 15.6. The molecule has 3 heterocycles. The van der Waals surface area contributed by atoms with E-state index in [9.17, 15) is 67.0 Å². The van der Waals surface area contributed by atoms with E-state index in [2.05, 4.69) is 32.3 Å². The van der Waals surface area contributed by atoms with Crippen molar-refractivity contribution in [3.05, 3.63) is 98.7 Å². The number of carbonyl (C=O) groups is 2. The van der Waals surface area contributed by atoms with Crippen molar-refractivity contribution < 1.29 is 80.5 Å². The largest absolute Gasteiger partial charge is 0.759 e. The molecule has 394 valence electrons. The van der Waals surface area contributed by atoms with Crippen LogP contribution >= 0.6 is 11.6 Å². The molecule has 15 nitrogen and oxygen atoms in total. The van der Waals surface area contributed by atoms with Crippen LogP contribution in [0.2, 0.25) is 5.02 Å². The number of hydrogen-bond donors (Lipinski definition) is 2. The number of aliphatic hydroxyl groups is 1. The maximum Gasteiger partial charge on any atom is 0.435 e. The first kappa shape index (κ1) is 55.1. The zero-order valence-corrected chi connectivity index (χ0v) is 41.1. The zero-order chi connectivity index (χ0) is 54.1. The quantitative estimate of drug-likeness (QED) is 0.0328. The van der Waals surface area contributed by atoms with Gasteiger partial charge in [0.05, 0.1) is 46.5 Å². The fourth-order valence-electron chi connectivity index (χ4n) is 8.16. The Bertz CT molecular complexity index is 3220. The Labute approximate surface area is 416 Å². The number of aromatic nitrogens is 5. The molecule has 4 atom stereocenters. The number of pyridine rings is 1. The van der Waals surface area contributed by atoms with Crippen LogP contribution in [0.3, 0.4) is 0 Å². The number of benzene rings is 2. The van der Waals surface area contributed by atoms with Gasteiger partial charge in [0.15, 0.2) is 22.3 Å². The molecule has 2 aliphatic carbocycles. The highest BCUT2D eigenvalue weighted by molar-refractivity contribution is 7.92. The average molecular weight is 1100 g/mol. The second-order valence-corrected chi connectivity index (χ2v) is 22.5. The molecule has 0 aliphatic heterocycles. The van der Waals surface area contributed by atoms with Crippen LogP contribution < -0.4 is 5.32 Å². The van der Waals surface area contributed by atoms with Crippen molar-refractivity contribution in [3.8, 4) is 23.0 Å². The van der Waals surface area contributed by atoms with Crippen LogP contribution in [0.25, 0.3) is 22.0 Å². The van der Waals surface area contributed by atoms with Crippen molar-refractivity contribution in [2.75, 3.05) is 19.6 Å². The van der Waals surface area contributed by atoms with Gasteiger partial charge in [-0.3, -0.25) is 23.2 Å². The minimum Gasteiger partial charge on any atom is -0.759 e. The summed E-state index contributed by atoms with van der Waals surface area (Å²) in [7, 11) is -3.89. The lowest BCUT2D eigenvalue weighted by molar-refractivity contribution is -0.159. The number of ether oxygens (including phenoxy) is 1. The number of aliphatic hydroxyl groups excluding tert-OH is 1. The second-order valence-electron chi connectivity index (χ2n) is 18.6. The minimum atomic E-state index is -5.22. The summed E-state index contributed by atoms with van der Waals surface area (Å²) < 4.78 is 201. The standard InChI is InChI=1S/C45H42ClF10N7O8S2/c1-41(2,20-64)40(66)71-21-61(72(67)68)17-32-35-30(46)9-8-27(37(35)63(59-32)19-43(49,50)51)26-7-6-25(10-11-42(3,4)73(5,69)70)57-36(26)31(14-22-12-23(47)15-24(48)13-22)58-33(65)18-62-39-34(38(60-62)45(54,55)56)28-16-29(28)44(39,52)53/h6-9,12-13,15,28-29,31,64H,14,16-21H2,1-5H3,(H,58,65)(H,67,68)/p-1/t28-,29+,31?/m0/s1. The van der Waals surface area contributed by atoms with E-state index in [-0.39, 0.29) is 43.9 Å². The van der Waals surface area contributed by atoms with Gasteiger partial charge in [0, 0.05) is 51.6 Å². The number of nitrogens with zero attached hydrogens (tertiary/aromatic N) is 6. The molecular formula is C45H41ClF10N7O8S2-. The van der Waals surface area contributed by atoms with Crippen molar-refractivity contribution >= 4 is 55.5 Å². The number of sulfone groups is 1. The van der Waals surface area contributed by atoms with Gasteiger partial charge in [-0.15, -0.1) is 0 Å². The minimum absolute atomic E-state index is 0.203. The number of hydrogen-bond acceptors (Lipinski definition) is 11. The summed E-state index contributed by atoms with van der Waals surface area (Å²) in [5.74, 6) is -6.02. The molecule has 7 rings (SSSR count). The predicted octanol–water partition coefficient (Wildman–Crippen LogP) is 7.41. The number of esters is 1. The molecule has 0 spiro atoms. The lowest BCUT2D eigenvalue weighted by Gasteiger charge is -2.26. The van der Waals surface area contributed by atoms with Gasteiger partial charge in [-0.05, 0) is 88.3 Å². The lowest BCUT2D eigenvalue weighted by Crippen LogP contribution is -2.35. The van der Waals surface area contributed by atoms with Gasteiger partial charge < -0.3 is 19.7 Å². The zero-order valence-electron chi connectivity index (χ0n) is 38.7. The SMILES string of the molecule is CC(C)(CO)C(=O)OCN(Cc1nn(CC(F)(F)F)c2c(-c3ccc(C#CC(C)(C)S(C)(=O)=O)nc3C(Cc3cc(F)cc(F)c3)NC(=O)Cn3nc(C(F)(F)F)c4c3C(F)(F)[C@@H]3C[C@H]43)ccc(Cl)c12)S(=O)[O-]. The van der Waals surface area contributed by atoms with Crippen molar-refractivity contribution in [2.45, 2.75) is 95.2 Å². The fraction of sp³-hybridized carbons (Fsp3) is 0.444. The summed E-state index contributed by atoms with van der Waals surface area (Å²) in [6, 6.07) is 5.09. The van der Waals surface area contributed by atoms with E-state index in [1.165, 1.54) is 45.9 Å². The molecule has 2 aliphatic rings. The number of nitrogens with one attached hydrogen (secondary N) is 1. The van der Waals surface area contributed by atoms with Crippen molar-refractivity contribution in [1.29, 1.82) is 0 Å². The highest BCUT2D eigenvalue weighted by atomic mass is 35.5. The average Bonchev–Trinajstić information content (AvgIpc) is 3.78. The molecule has 3 aromatic heterocycles. The van der Waals surface area contributed by atoms with Crippen LogP contribution in [0.1, 0.15) is 85.7 Å². The van der Waals surface area contributed by atoms with Gasteiger partial charge in [-0.1, -0.05) is 23.6 Å². The Kier molecular flexibility index (Phi) is 14.8. The van der Waals surface area contributed by atoms with E-state index in [4.69, 9.17) is 16.3 Å². The normalized spacial score (nSPS) is 17.5. The van der Waals surface area contributed by atoms with Gasteiger partial charge in [0.1, 0.15) is 40.9 Å². The summed E-state index contributed by atoms with van der Waals surface area (Å²) in [5.41, 5.74) is -7.36. The van der Waals surface area contributed by atoms with E-state index in [0.717, 1.165) is 24.5 Å². The van der Waals surface area contributed by atoms with E-state index in [0.29, 0.717) is 15.1 Å². The molecule has 73 heavy (non-hydrogen) atoms. The Morgan fingerprint density at radius 1 is 1.03 bits per heavy atom. The Hall–Kier alpha value is -5.66. The first-order valence-electron chi connectivity index (χ1n) is 21.5. The summed E-state index contributed by atoms with van der Waals surface area (Å²) >= 11 is 3.39. The van der Waals surface area contributed by atoms with Gasteiger partial charge >= 0.3 is 18.3 Å². The predicted molar refractivity (Wildman–Crippen MR) is 239 cm³/mol. The third-order valence-electron chi connectivity index (χ3n) is 12.2. The van der Waals surface area contributed by atoms with Crippen LogP contribution in [0.4, 0.5) is 43.9 Å². The molecule has 2 N–H and O–H groups in total. The highest BCUT2D eigenvalue weighted by Crippen LogP contribution is 2.68. The van der Waals surface area contributed by atoms with Crippen molar-refractivity contribution in [3.63, 3.8) is 0 Å². The Morgan fingerprint density at radius 2 is 1.67 bits per heavy atom. The van der Waals surface area contributed by atoms with Crippen LogP contribution in [0, 0.1) is 34.8 Å². The summed E-state index contributed by atoms with van der Waals surface area (Å²) in [6.07, 6.45) is -10.3. The molecule has 28 heteroatoms. The maximum absolute atomic E-state index is 15.6. The monoisotopic (exact) mass is 1100 g/mol. The molecule has 1 saturated carbocycles. The molecule has 0 bridgehead atoms. The number of halogens is 11.